The smallest absolute Gasteiger partial charge is 0.258 e. The standard InChI is InChI=1S/C18H26N4O3S/c1-4-22(5-2)26(23,24)15-12-14(9-8-13(15)3)16-20-17(21-25-16)18(19)10-6-7-11-18/h8-9,12H,4-7,10-11,19H2,1-3H3. The van der Waals surface area contributed by atoms with E-state index in [9.17, 15) is 8.42 Å². The second kappa shape index (κ2) is 7.09. The summed E-state index contributed by atoms with van der Waals surface area (Å²) >= 11 is 0. The van der Waals surface area contributed by atoms with Crippen LogP contribution in [0.1, 0.15) is 50.9 Å². The summed E-state index contributed by atoms with van der Waals surface area (Å²) in [5.74, 6) is 0.798. The Balaban J connectivity index is 2.00. The summed E-state index contributed by atoms with van der Waals surface area (Å²) in [5.41, 5.74) is 7.12. The van der Waals surface area contributed by atoms with Gasteiger partial charge in [0.1, 0.15) is 0 Å². The van der Waals surface area contributed by atoms with Crippen LogP contribution < -0.4 is 5.73 Å². The highest BCUT2D eigenvalue weighted by Gasteiger charge is 2.36. The number of aromatic nitrogens is 2. The van der Waals surface area contributed by atoms with Crippen molar-refractivity contribution in [1.82, 2.24) is 14.4 Å². The van der Waals surface area contributed by atoms with E-state index in [2.05, 4.69) is 10.1 Å². The Morgan fingerprint density at radius 3 is 2.50 bits per heavy atom. The monoisotopic (exact) mass is 378 g/mol. The molecule has 1 aliphatic rings. The Morgan fingerprint density at radius 1 is 1.23 bits per heavy atom. The lowest BCUT2D eigenvalue weighted by atomic mass is 9.99. The quantitative estimate of drug-likeness (QED) is 0.829. The van der Waals surface area contributed by atoms with Gasteiger partial charge in [0.25, 0.3) is 5.89 Å². The molecule has 0 amide bonds. The molecule has 1 heterocycles. The van der Waals surface area contributed by atoms with Crippen molar-refractivity contribution in [1.29, 1.82) is 0 Å². The summed E-state index contributed by atoms with van der Waals surface area (Å²) in [7, 11) is -3.56. The van der Waals surface area contributed by atoms with Crippen LogP contribution in [0.3, 0.4) is 0 Å². The molecule has 1 fully saturated rings. The largest absolute Gasteiger partial charge is 0.334 e. The van der Waals surface area contributed by atoms with Gasteiger partial charge in [0.05, 0.1) is 10.4 Å². The van der Waals surface area contributed by atoms with Crippen molar-refractivity contribution in [2.45, 2.75) is 56.9 Å². The SMILES string of the molecule is CCN(CC)S(=O)(=O)c1cc(-c2nc(C3(N)CCCC3)no2)ccc1C. The topological polar surface area (TPSA) is 102 Å². The fraction of sp³-hybridized carbons (Fsp3) is 0.556. The van der Waals surface area contributed by atoms with E-state index >= 15 is 0 Å². The van der Waals surface area contributed by atoms with Crippen LogP contribution in [0, 0.1) is 6.92 Å². The molecule has 2 aromatic rings. The van der Waals surface area contributed by atoms with E-state index < -0.39 is 15.6 Å². The summed E-state index contributed by atoms with van der Waals surface area (Å²) in [6.07, 6.45) is 3.78. The first-order valence-electron chi connectivity index (χ1n) is 9.06. The Morgan fingerprint density at radius 2 is 1.88 bits per heavy atom. The Labute approximate surface area is 154 Å². The lowest BCUT2D eigenvalue weighted by Crippen LogP contribution is -2.34. The highest BCUT2D eigenvalue weighted by atomic mass is 32.2. The molecule has 0 spiro atoms. The third kappa shape index (κ3) is 3.28. The van der Waals surface area contributed by atoms with E-state index in [4.69, 9.17) is 10.3 Å². The van der Waals surface area contributed by atoms with E-state index in [1.807, 2.05) is 13.8 Å². The normalized spacial score (nSPS) is 17.1. The number of hydrogen-bond donors (Lipinski definition) is 1. The molecule has 26 heavy (non-hydrogen) atoms. The van der Waals surface area contributed by atoms with Gasteiger partial charge < -0.3 is 10.3 Å². The summed E-state index contributed by atoms with van der Waals surface area (Å²) in [6.45, 7) is 6.28. The number of benzene rings is 1. The van der Waals surface area contributed by atoms with Crippen LogP contribution in [0.2, 0.25) is 0 Å². The summed E-state index contributed by atoms with van der Waals surface area (Å²) in [4.78, 5) is 4.73. The van der Waals surface area contributed by atoms with E-state index in [-0.39, 0.29) is 4.90 Å². The number of nitrogens with zero attached hydrogens (tertiary/aromatic N) is 3. The molecule has 8 heteroatoms. The number of nitrogens with two attached hydrogens (primary N) is 1. The highest BCUT2D eigenvalue weighted by molar-refractivity contribution is 7.89. The molecular formula is C18H26N4O3S. The van der Waals surface area contributed by atoms with Crippen LogP contribution in [0.4, 0.5) is 0 Å². The number of sulfonamides is 1. The predicted molar refractivity (Wildman–Crippen MR) is 98.9 cm³/mol. The lowest BCUT2D eigenvalue weighted by molar-refractivity contribution is 0.372. The third-order valence-corrected chi connectivity index (χ3v) is 7.32. The fourth-order valence-corrected chi connectivity index (χ4v) is 5.19. The Kier molecular flexibility index (Phi) is 5.18. The molecule has 0 radical (unpaired) electrons. The third-order valence-electron chi connectivity index (χ3n) is 5.13. The maximum Gasteiger partial charge on any atom is 0.258 e. The van der Waals surface area contributed by atoms with Crippen molar-refractivity contribution in [3.05, 3.63) is 29.6 Å². The second-order valence-corrected chi connectivity index (χ2v) is 8.76. The number of hydrogen-bond acceptors (Lipinski definition) is 6. The highest BCUT2D eigenvalue weighted by Crippen LogP contribution is 2.35. The second-order valence-electron chi connectivity index (χ2n) is 6.86. The van der Waals surface area contributed by atoms with Crippen molar-refractivity contribution in [3.63, 3.8) is 0 Å². The summed E-state index contributed by atoms with van der Waals surface area (Å²) < 4.78 is 32.6. The van der Waals surface area contributed by atoms with E-state index in [1.54, 1.807) is 25.1 Å². The minimum absolute atomic E-state index is 0.266. The zero-order chi connectivity index (χ0) is 18.9. The molecule has 1 aromatic heterocycles. The molecule has 142 valence electrons. The molecule has 0 saturated heterocycles. The van der Waals surface area contributed by atoms with E-state index in [1.165, 1.54) is 4.31 Å². The summed E-state index contributed by atoms with van der Waals surface area (Å²) in [5, 5.41) is 4.06. The maximum absolute atomic E-state index is 12.9. The van der Waals surface area contributed by atoms with Gasteiger partial charge in [0.2, 0.25) is 10.0 Å². The molecule has 0 atom stereocenters. The Bertz CT molecular complexity index is 882. The summed E-state index contributed by atoms with van der Waals surface area (Å²) in [6, 6.07) is 5.17. The Hall–Kier alpha value is -1.77. The van der Waals surface area contributed by atoms with Crippen molar-refractivity contribution in [3.8, 4) is 11.5 Å². The molecule has 0 bridgehead atoms. The average molecular weight is 378 g/mol. The van der Waals surface area contributed by atoms with Crippen LogP contribution in [0.25, 0.3) is 11.5 Å². The number of aryl methyl sites for hydroxylation is 1. The van der Waals surface area contributed by atoms with E-state index in [0.29, 0.717) is 35.9 Å². The van der Waals surface area contributed by atoms with E-state index in [0.717, 1.165) is 25.7 Å². The van der Waals surface area contributed by atoms with Gasteiger partial charge in [-0.25, -0.2) is 8.42 Å². The minimum atomic E-state index is -3.56. The molecule has 1 aromatic carbocycles. The van der Waals surface area contributed by atoms with Crippen molar-refractivity contribution < 1.29 is 12.9 Å². The van der Waals surface area contributed by atoms with Crippen LogP contribution >= 0.6 is 0 Å². The van der Waals surface area contributed by atoms with Gasteiger partial charge >= 0.3 is 0 Å². The van der Waals surface area contributed by atoms with Gasteiger partial charge in [-0.2, -0.15) is 9.29 Å². The van der Waals surface area contributed by atoms with Crippen LogP contribution in [0.5, 0.6) is 0 Å². The van der Waals surface area contributed by atoms with Gasteiger partial charge in [0, 0.05) is 18.7 Å². The first-order chi connectivity index (χ1) is 12.3. The molecule has 1 saturated carbocycles. The van der Waals surface area contributed by atoms with Crippen molar-refractivity contribution in [2.24, 2.45) is 5.73 Å². The molecule has 3 rings (SSSR count). The first-order valence-corrected chi connectivity index (χ1v) is 10.5. The van der Waals surface area contributed by atoms with Crippen LogP contribution in [-0.4, -0.2) is 36.0 Å². The lowest BCUT2D eigenvalue weighted by Gasteiger charge is -2.20. The fourth-order valence-electron chi connectivity index (χ4n) is 3.49. The molecule has 0 aliphatic heterocycles. The van der Waals surface area contributed by atoms with Gasteiger partial charge in [-0.1, -0.05) is 37.9 Å². The van der Waals surface area contributed by atoms with Crippen LogP contribution in [-0.2, 0) is 15.6 Å². The molecule has 7 nitrogen and oxygen atoms in total. The van der Waals surface area contributed by atoms with Gasteiger partial charge in [0.15, 0.2) is 5.82 Å². The molecule has 2 N–H and O–H groups in total. The minimum Gasteiger partial charge on any atom is -0.334 e. The predicted octanol–water partition coefficient (Wildman–Crippen LogP) is 2.80. The van der Waals surface area contributed by atoms with Gasteiger partial charge in [-0.05, 0) is 37.5 Å². The first kappa shape index (κ1) is 19.0. The van der Waals surface area contributed by atoms with Crippen molar-refractivity contribution in [2.75, 3.05) is 13.1 Å². The number of rotatable bonds is 6. The van der Waals surface area contributed by atoms with Gasteiger partial charge in [-0.15, -0.1) is 0 Å². The maximum atomic E-state index is 12.9. The zero-order valence-corrected chi connectivity index (χ0v) is 16.3. The average Bonchev–Trinajstić information content (AvgIpc) is 3.26. The molecule has 0 unspecified atom stereocenters. The molecular weight excluding hydrogens is 352 g/mol. The molecule has 1 aliphatic carbocycles. The zero-order valence-electron chi connectivity index (χ0n) is 15.5. The van der Waals surface area contributed by atoms with Crippen LogP contribution in [0.15, 0.2) is 27.6 Å². The van der Waals surface area contributed by atoms with Gasteiger partial charge in [-0.3, -0.25) is 0 Å². The van der Waals surface area contributed by atoms with Crippen molar-refractivity contribution >= 4 is 10.0 Å².